The monoisotopic (exact) mass is 382 g/mol. The zero-order valence-corrected chi connectivity index (χ0v) is 17.9. The highest BCUT2D eigenvalue weighted by Gasteiger charge is 2.04. The highest BCUT2D eigenvalue weighted by molar-refractivity contribution is 5.85. The van der Waals surface area contributed by atoms with Crippen LogP contribution in [0.25, 0.3) is 0 Å². The summed E-state index contributed by atoms with van der Waals surface area (Å²) in [6, 6.07) is 10.5. The predicted molar refractivity (Wildman–Crippen MR) is 118 cm³/mol. The van der Waals surface area contributed by atoms with E-state index in [2.05, 4.69) is 31.2 Å². The molecular formula is C24H43ClO. The van der Waals surface area contributed by atoms with E-state index in [9.17, 15) is 5.11 Å². The van der Waals surface area contributed by atoms with E-state index in [0.29, 0.717) is 0 Å². The number of halogens is 1. The second-order valence-corrected chi connectivity index (χ2v) is 7.71. The molecular weight excluding hydrogens is 340 g/mol. The fourth-order valence-electron chi connectivity index (χ4n) is 3.52. The summed E-state index contributed by atoms with van der Waals surface area (Å²) in [7, 11) is 0. The maximum Gasteiger partial charge on any atom is 0.0543 e. The lowest BCUT2D eigenvalue weighted by Gasteiger charge is -2.10. The quantitative estimate of drug-likeness (QED) is 0.271. The second-order valence-electron chi connectivity index (χ2n) is 7.71. The van der Waals surface area contributed by atoms with Crippen molar-refractivity contribution in [2.45, 2.75) is 116 Å². The van der Waals surface area contributed by atoms with Crippen molar-refractivity contribution in [2.75, 3.05) is 0 Å². The molecule has 26 heavy (non-hydrogen) atoms. The molecule has 0 aliphatic carbocycles. The van der Waals surface area contributed by atoms with Crippen LogP contribution in [0.5, 0.6) is 0 Å². The number of hydrogen-bond acceptors (Lipinski definition) is 1. The van der Waals surface area contributed by atoms with E-state index in [4.69, 9.17) is 0 Å². The van der Waals surface area contributed by atoms with E-state index >= 15 is 0 Å². The maximum absolute atomic E-state index is 10.1. The molecule has 1 unspecified atom stereocenters. The van der Waals surface area contributed by atoms with Crippen LogP contribution in [0.2, 0.25) is 0 Å². The van der Waals surface area contributed by atoms with Crippen LogP contribution >= 0.6 is 12.4 Å². The van der Waals surface area contributed by atoms with E-state index in [0.717, 1.165) is 19.3 Å². The molecule has 1 N–H and O–H groups in total. The van der Waals surface area contributed by atoms with Gasteiger partial charge in [-0.25, -0.2) is 0 Å². The Hall–Kier alpha value is -0.530. The Kier molecular flexibility index (Phi) is 18.8. The third-order valence-electron chi connectivity index (χ3n) is 5.25. The highest BCUT2D eigenvalue weighted by atomic mass is 35.5. The first kappa shape index (κ1) is 25.5. The van der Waals surface area contributed by atoms with Gasteiger partial charge in [0.05, 0.1) is 6.10 Å². The highest BCUT2D eigenvalue weighted by Crippen LogP contribution is 2.14. The van der Waals surface area contributed by atoms with Crippen molar-refractivity contribution in [1.82, 2.24) is 0 Å². The van der Waals surface area contributed by atoms with Crippen molar-refractivity contribution >= 4 is 12.4 Å². The van der Waals surface area contributed by atoms with Gasteiger partial charge in [0, 0.05) is 0 Å². The number of rotatable bonds is 17. The van der Waals surface area contributed by atoms with E-state index in [1.807, 2.05) is 6.07 Å². The van der Waals surface area contributed by atoms with Gasteiger partial charge in [-0.15, -0.1) is 12.4 Å². The topological polar surface area (TPSA) is 20.2 Å². The Morgan fingerprint density at radius 2 is 1.12 bits per heavy atom. The number of aryl methyl sites for hydroxylation is 1. The molecule has 1 atom stereocenters. The van der Waals surface area contributed by atoms with Gasteiger partial charge in [-0.2, -0.15) is 0 Å². The summed E-state index contributed by atoms with van der Waals surface area (Å²) in [5, 5.41) is 10.1. The van der Waals surface area contributed by atoms with Crippen molar-refractivity contribution in [3.8, 4) is 0 Å². The second kappa shape index (κ2) is 19.2. The molecule has 0 spiro atoms. The lowest BCUT2D eigenvalue weighted by molar-refractivity contribution is 0.151. The fourth-order valence-corrected chi connectivity index (χ4v) is 3.52. The smallest absolute Gasteiger partial charge is 0.0543 e. The van der Waals surface area contributed by atoms with Crippen LogP contribution in [0.4, 0.5) is 0 Å². The van der Waals surface area contributed by atoms with E-state index in [-0.39, 0.29) is 18.5 Å². The van der Waals surface area contributed by atoms with E-state index in [1.165, 1.54) is 89.0 Å². The Morgan fingerprint density at radius 3 is 1.62 bits per heavy atom. The van der Waals surface area contributed by atoms with Crippen molar-refractivity contribution < 1.29 is 5.11 Å². The van der Waals surface area contributed by atoms with Gasteiger partial charge in [-0.05, 0) is 24.8 Å². The molecule has 0 fully saturated rings. The SMILES string of the molecule is CCCCCCCCCCCCCCCC(O)CCc1ccccc1.Cl. The average Bonchev–Trinajstić information content (AvgIpc) is 2.64. The van der Waals surface area contributed by atoms with Crippen LogP contribution in [-0.4, -0.2) is 11.2 Å². The minimum atomic E-state index is -0.118. The molecule has 0 aliphatic rings. The maximum atomic E-state index is 10.1. The van der Waals surface area contributed by atoms with Crippen LogP contribution in [0.15, 0.2) is 30.3 Å². The number of aliphatic hydroxyl groups excluding tert-OH is 1. The Bertz CT molecular complexity index is 379. The van der Waals surface area contributed by atoms with Crippen molar-refractivity contribution in [3.63, 3.8) is 0 Å². The Morgan fingerprint density at radius 1 is 0.654 bits per heavy atom. The predicted octanol–water partition coefficient (Wildman–Crippen LogP) is 7.88. The number of aliphatic hydroxyl groups is 1. The molecule has 0 saturated heterocycles. The van der Waals surface area contributed by atoms with Crippen LogP contribution < -0.4 is 0 Å². The van der Waals surface area contributed by atoms with E-state index < -0.39 is 0 Å². The molecule has 152 valence electrons. The first-order valence-corrected chi connectivity index (χ1v) is 11.0. The molecule has 0 bridgehead atoms. The molecule has 1 aromatic rings. The Labute approximate surface area is 169 Å². The van der Waals surface area contributed by atoms with Crippen LogP contribution in [-0.2, 0) is 6.42 Å². The molecule has 1 aromatic carbocycles. The molecule has 2 heteroatoms. The van der Waals surface area contributed by atoms with Gasteiger partial charge in [0.15, 0.2) is 0 Å². The van der Waals surface area contributed by atoms with Crippen LogP contribution in [0, 0.1) is 0 Å². The third kappa shape index (κ3) is 15.7. The first-order valence-electron chi connectivity index (χ1n) is 11.0. The van der Waals surface area contributed by atoms with Gasteiger partial charge in [0.1, 0.15) is 0 Å². The molecule has 1 rings (SSSR count). The minimum Gasteiger partial charge on any atom is -0.393 e. The fraction of sp³-hybridized carbons (Fsp3) is 0.750. The zero-order valence-electron chi connectivity index (χ0n) is 17.1. The van der Waals surface area contributed by atoms with Gasteiger partial charge < -0.3 is 5.11 Å². The summed E-state index contributed by atoms with van der Waals surface area (Å²) >= 11 is 0. The number of unbranched alkanes of at least 4 members (excludes halogenated alkanes) is 12. The summed E-state index contributed by atoms with van der Waals surface area (Å²) in [5.41, 5.74) is 1.34. The standard InChI is InChI=1S/C24H42O.ClH/c1-2-3-4-5-6-7-8-9-10-11-12-13-17-20-24(25)22-21-23-18-15-14-16-19-23;/h14-16,18-19,24-25H,2-13,17,20-22H2,1H3;1H. The number of benzene rings is 1. The lowest BCUT2D eigenvalue weighted by Crippen LogP contribution is -2.07. The zero-order chi connectivity index (χ0) is 18.0. The van der Waals surface area contributed by atoms with Crippen LogP contribution in [0.3, 0.4) is 0 Å². The van der Waals surface area contributed by atoms with Crippen molar-refractivity contribution in [1.29, 1.82) is 0 Å². The van der Waals surface area contributed by atoms with Gasteiger partial charge in [0.25, 0.3) is 0 Å². The molecule has 0 aliphatic heterocycles. The molecule has 0 radical (unpaired) electrons. The van der Waals surface area contributed by atoms with Crippen molar-refractivity contribution in [2.24, 2.45) is 0 Å². The number of hydrogen-bond donors (Lipinski definition) is 1. The van der Waals surface area contributed by atoms with Gasteiger partial charge in [-0.3, -0.25) is 0 Å². The van der Waals surface area contributed by atoms with Gasteiger partial charge >= 0.3 is 0 Å². The summed E-state index contributed by atoms with van der Waals surface area (Å²) < 4.78 is 0. The van der Waals surface area contributed by atoms with Gasteiger partial charge in [0.2, 0.25) is 0 Å². The van der Waals surface area contributed by atoms with Gasteiger partial charge in [-0.1, -0.05) is 121 Å². The first-order chi connectivity index (χ1) is 12.3. The molecule has 0 aromatic heterocycles. The van der Waals surface area contributed by atoms with Crippen LogP contribution in [0.1, 0.15) is 109 Å². The summed E-state index contributed by atoms with van der Waals surface area (Å²) in [6.07, 6.45) is 20.8. The summed E-state index contributed by atoms with van der Waals surface area (Å²) in [6.45, 7) is 2.28. The lowest BCUT2D eigenvalue weighted by atomic mass is 10.0. The molecule has 0 heterocycles. The summed E-state index contributed by atoms with van der Waals surface area (Å²) in [5.74, 6) is 0. The minimum absolute atomic E-state index is 0. The average molecular weight is 383 g/mol. The van der Waals surface area contributed by atoms with Crippen molar-refractivity contribution in [3.05, 3.63) is 35.9 Å². The normalized spacial score (nSPS) is 11.9. The largest absolute Gasteiger partial charge is 0.393 e. The third-order valence-corrected chi connectivity index (χ3v) is 5.25. The molecule has 0 amide bonds. The summed E-state index contributed by atoms with van der Waals surface area (Å²) in [4.78, 5) is 0. The molecule has 1 nitrogen and oxygen atoms in total. The van der Waals surface area contributed by atoms with E-state index in [1.54, 1.807) is 0 Å². The molecule has 0 saturated carbocycles. The Balaban J connectivity index is 0.00000625.